The number of nitro benzene ring substituents is 1. The van der Waals surface area contributed by atoms with Crippen molar-refractivity contribution in [2.45, 2.75) is 0 Å². The zero-order valence-electron chi connectivity index (χ0n) is 11.7. The van der Waals surface area contributed by atoms with Crippen LogP contribution in [0.3, 0.4) is 0 Å². The van der Waals surface area contributed by atoms with Gasteiger partial charge in [-0.15, -0.1) is 0 Å². The van der Waals surface area contributed by atoms with Crippen molar-refractivity contribution >= 4 is 17.4 Å². The van der Waals surface area contributed by atoms with Gasteiger partial charge in [-0.05, 0) is 23.3 Å². The van der Waals surface area contributed by atoms with Crippen LogP contribution in [0.1, 0.15) is 0 Å². The standard InChI is InChI=1S/C15H15N3O3/c1-17(2)15(19)16-13-7-3-5-11(9-13)12-6-4-8-14(10-12)18(20)21/h3-10H,1-2H3,(H,16,19). The molecule has 0 spiro atoms. The lowest BCUT2D eigenvalue weighted by Gasteiger charge is -2.12. The van der Waals surface area contributed by atoms with Crippen molar-refractivity contribution in [1.82, 2.24) is 4.90 Å². The molecule has 0 heterocycles. The van der Waals surface area contributed by atoms with Crippen molar-refractivity contribution in [1.29, 1.82) is 0 Å². The van der Waals surface area contributed by atoms with E-state index in [1.807, 2.05) is 6.07 Å². The van der Waals surface area contributed by atoms with Gasteiger partial charge in [-0.1, -0.05) is 24.3 Å². The average Bonchev–Trinajstić information content (AvgIpc) is 2.47. The van der Waals surface area contributed by atoms with E-state index < -0.39 is 4.92 Å². The van der Waals surface area contributed by atoms with Crippen LogP contribution in [0.25, 0.3) is 11.1 Å². The van der Waals surface area contributed by atoms with Crippen molar-refractivity contribution in [2.75, 3.05) is 19.4 Å². The zero-order valence-corrected chi connectivity index (χ0v) is 11.7. The third kappa shape index (κ3) is 3.56. The predicted molar refractivity (Wildman–Crippen MR) is 81.2 cm³/mol. The Morgan fingerprint density at radius 2 is 1.71 bits per heavy atom. The fourth-order valence-corrected chi connectivity index (χ4v) is 1.81. The highest BCUT2D eigenvalue weighted by molar-refractivity contribution is 5.89. The van der Waals surface area contributed by atoms with Crippen LogP contribution in [-0.4, -0.2) is 29.9 Å². The summed E-state index contributed by atoms with van der Waals surface area (Å²) in [5, 5.41) is 13.6. The molecule has 2 amide bonds. The van der Waals surface area contributed by atoms with Gasteiger partial charge < -0.3 is 10.2 Å². The number of amides is 2. The number of nitrogens with zero attached hydrogens (tertiary/aromatic N) is 2. The molecule has 0 atom stereocenters. The van der Waals surface area contributed by atoms with Gasteiger partial charge in [0, 0.05) is 31.9 Å². The van der Waals surface area contributed by atoms with E-state index in [-0.39, 0.29) is 11.7 Å². The minimum absolute atomic E-state index is 0.0373. The summed E-state index contributed by atoms with van der Waals surface area (Å²) in [6.45, 7) is 0. The number of benzene rings is 2. The molecule has 0 unspecified atom stereocenters. The van der Waals surface area contributed by atoms with Gasteiger partial charge in [-0.2, -0.15) is 0 Å². The van der Waals surface area contributed by atoms with E-state index in [2.05, 4.69) is 5.32 Å². The van der Waals surface area contributed by atoms with Crippen molar-refractivity contribution in [2.24, 2.45) is 0 Å². The largest absolute Gasteiger partial charge is 0.331 e. The molecule has 21 heavy (non-hydrogen) atoms. The van der Waals surface area contributed by atoms with Crippen LogP contribution in [0.15, 0.2) is 48.5 Å². The van der Waals surface area contributed by atoms with E-state index in [9.17, 15) is 14.9 Å². The molecule has 0 fully saturated rings. The third-order valence-corrected chi connectivity index (χ3v) is 2.91. The first kappa shape index (κ1) is 14.5. The highest BCUT2D eigenvalue weighted by atomic mass is 16.6. The Kier molecular flexibility index (Phi) is 4.18. The molecule has 0 radical (unpaired) electrons. The molecular formula is C15H15N3O3. The van der Waals surface area contributed by atoms with Crippen LogP contribution in [0, 0.1) is 10.1 Å². The molecule has 6 nitrogen and oxygen atoms in total. The summed E-state index contributed by atoms with van der Waals surface area (Å²) in [4.78, 5) is 23.4. The van der Waals surface area contributed by atoms with Crippen LogP contribution >= 0.6 is 0 Å². The minimum atomic E-state index is -0.429. The maximum absolute atomic E-state index is 11.6. The molecule has 0 aliphatic heterocycles. The lowest BCUT2D eigenvalue weighted by molar-refractivity contribution is -0.384. The fraction of sp³-hybridized carbons (Fsp3) is 0.133. The maximum Gasteiger partial charge on any atom is 0.321 e. The number of nitro groups is 1. The molecule has 2 rings (SSSR count). The number of carbonyl (C=O) groups is 1. The monoisotopic (exact) mass is 285 g/mol. The van der Waals surface area contributed by atoms with Gasteiger partial charge >= 0.3 is 6.03 Å². The number of anilines is 1. The van der Waals surface area contributed by atoms with Crippen molar-refractivity contribution in [3.8, 4) is 11.1 Å². The molecular weight excluding hydrogens is 270 g/mol. The van der Waals surface area contributed by atoms with Gasteiger partial charge in [0.1, 0.15) is 0 Å². The van der Waals surface area contributed by atoms with Crippen LogP contribution in [0.5, 0.6) is 0 Å². The molecule has 0 aromatic heterocycles. The lowest BCUT2D eigenvalue weighted by Crippen LogP contribution is -2.27. The number of hydrogen-bond donors (Lipinski definition) is 1. The maximum atomic E-state index is 11.6. The van der Waals surface area contributed by atoms with Crippen LogP contribution < -0.4 is 5.32 Å². The van der Waals surface area contributed by atoms with E-state index in [0.717, 1.165) is 11.1 Å². The van der Waals surface area contributed by atoms with Gasteiger partial charge in [0.05, 0.1) is 4.92 Å². The van der Waals surface area contributed by atoms with E-state index in [1.54, 1.807) is 44.4 Å². The minimum Gasteiger partial charge on any atom is -0.331 e. The predicted octanol–water partition coefficient (Wildman–Crippen LogP) is 3.36. The second kappa shape index (κ2) is 6.04. The zero-order chi connectivity index (χ0) is 15.4. The summed E-state index contributed by atoms with van der Waals surface area (Å²) in [5.41, 5.74) is 2.20. The van der Waals surface area contributed by atoms with E-state index in [1.165, 1.54) is 17.0 Å². The van der Waals surface area contributed by atoms with Crippen molar-refractivity contribution < 1.29 is 9.72 Å². The normalized spacial score (nSPS) is 10.0. The molecule has 6 heteroatoms. The van der Waals surface area contributed by atoms with E-state index >= 15 is 0 Å². The Bertz CT molecular complexity index is 683. The molecule has 0 saturated carbocycles. The molecule has 0 aliphatic carbocycles. The molecule has 0 bridgehead atoms. The SMILES string of the molecule is CN(C)C(=O)Nc1cccc(-c2cccc([N+](=O)[O-])c2)c1. The van der Waals surface area contributed by atoms with Gasteiger partial charge in [0.25, 0.3) is 5.69 Å². The van der Waals surface area contributed by atoms with Crippen LogP contribution in [-0.2, 0) is 0 Å². The first-order chi connectivity index (χ1) is 9.97. The molecule has 2 aromatic rings. The summed E-state index contributed by atoms with van der Waals surface area (Å²) in [6.07, 6.45) is 0. The Labute approximate surface area is 122 Å². The first-order valence-corrected chi connectivity index (χ1v) is 6.30. The number of rotatable bonds is 3. The fourth-order valence-electron chi connectivity index (χ4n) is 1.81. The average molecular weight is 285 g/mol. The Hall–Kier alpha value is -2.89. The summed E-state index contributed by atoms with van der Waals surface area (Å²) in [5.74, 6) is 0. The topological polar surface area (TPSA) is 75.5 Å². The summed E-state index contributed by atoms with van der Waals surface area (Å²) in [7, 11) is 3.31. The molecule has 0 saturated heterocycles. The summed E-state index contributed by atoms with van der Waals surface area (Å²) in [6, 6.07) is 13.3. The Morgan fingerprint density at radius 1 is 1.10 bits per heavy atom. The Balaban J connectivity index is 2.31. The molecule has 108 valence electrons. The quantitative estimate of drug-likeness (QED) is 0.694. The van der Waals surface area contributed by atoms with Crippen molar-refractivity contribution in [3.63, 3.8) is 0 Å². The van der Waals surface area contributed by atoms with E-state index in [0.29, 0.717) is 5.69 Å². The van der Waals surface area contributed by atoms with Crippen LogP contribution in [0.4, 0.5) is 16.2 Å². The lowest BCUT2D eigenvalue weighted by atomic mass is 10.0. The second-order valence-electron chi connectivity index (χ2n) is 4.71. The van der Waals surface area contributed by atoms with Crippen molar-refractivity contribution in [3.05, 3.63) is 58.6 Å². The number of nitrogens with one attached hydrogen (secondary N) is 1. The Morgan fingerprint density at radius 3 is 2.33 bits per heavy atom. The van der Waals surface area contributed by atoms with Gasteiger partial charge in [0.15, 0.2) is 0 Å². The highest BCUT2D eigenvalue weighted by Crippen LogP contribution is 2.26. The number of urea groups is 1. The molecule has 0 aliphatic rings. The second-order valence-corrected chi connectivity index (χ2v) is 4.71. The number of hydrogen-bond acceptors (Lipinski definition) is 3. The van der Waals surface area contributed by atoms with E-state index in [4.69, 9.17) is 0 Å². The smallest absolute Gasteiger partial charge is 0.321 e. The number of carbonyl (C=O) groups excluding carboxylic acids is 1. The highest BCUT2D eigenvalue weighted by Gasteiger charge is 2.08. The van der Waals surface area contributed by atoms with Gasteiger partial charge in [-0.25, -0.2) is 4.79 Å². The summed E-state index contributed by atoms with van der Waals surface area (Å²) >= 11 is 0. The van der Waals surface area contributed by atoms with Crippen LogP contribution in [0.2, 0.25) is 0 Å². The van der Waals surface area contributed by atoms with Gasteiger partial charge in [-0.3, -0.25) is 10.1 Å². The first-order valence-electron chi connectivity index (χ1n) is 6.30. The molecule has 2 aromatic carbocycles. The number of non-ortho nitro benzene ring substituents is 1. The summed E-state index contributed by atoms with van der Waals surface area (Å²) < 4.78 is 0. The third-order valence-electron chi connectivity index (χ3n) is 2.91. The molecule has 1 N–H and O–H groups in total. The van der Waals surface area contributed by atoms with Gasteiger partial charge in [0.2, 0.25) is 0 Å².